The lowest BCUT2D eigenvalue weighted by atomic mass is 9.92. The van der Waals surface area contributed by atoms with Gasteiger partial charge in [-0.25, -0.2) is 4.79 Å². The molecule has 0 spiro atoms. The number of nitrogens with one attached hydrogen (secondary N) is 1. The quantitative estimate of drug-likeness (QED) is 0.477. The van der Waals surface area contributed by atoms with E-state index in [2.05, 4.69) is 12.2 Å². The summed E-state index contributed by atoms with van der Waals surface area (Å²) < 4.78 is 4.93. The van der Waals surface area contributed by atoms with Crippen LogP contribution in [0.1, 0.15) is 45.4 Å². The number of aliphatic hydroxyl groups is 3. The third-order valence-electron chi connectivity index (χ3n) is 4.55. The van der Waals surface area contributed by atoms with Crippen molar-refractivity contribution in [2.45, 2.75) is 76.0 Å². The molecule has 2 saturated heterocycles. The first-order chi connectivity index (χ1) is 10.6. The second kappa shape index (κ2) is 8.10. The van der Waals surface area contributed by atoms with Gasteiger partial charge in [-0.3, -0.25) is 10.2 Å². The fraction of sp³-hybridized carbons (Fsp3) is 0.933. The molecule has 0 saturated carbocycles. The molecule has 1 amide bonds. The third kappa shape index (κ3) is 3.71. The summed E-state index contributed by atoms with van der Waals surface area (Å²) in [7, 11) is 0. The monoisotopic (exact) mass is 316 g/mol. The molecule has 0 aliphatic carbocycles. The van der Waals surface area contributed by atoms with E-state index in [1.165, 1.54) is 30.6 Å². The molecule has 5 atom stereocenters. The predicted octanol–water partition coefficient (Wildman–Crippen LogP) is 0.180. The van der Waals surface area contributed by atoms with Crippen molar-refractivity contribution in [2.75, 3.05) is 13.2 Å². The van der Waals surface area contributed by atoms with Crippen molar-refractivity contribution in [1.29, 1.82) is 0 Å². The number of hydrogen-bond donors (Lipinski definition) is 4. The minimum atomic E-state index is -1.28. The summed E-state index contributed by atoms with van der Waals surface area (Å²) in [6, 6.07) is -0.604. The fourth-order valence-electron chi connectivity index (χ4n) is 3.19. The van der Waals surface area contributed by atoms with E-state index in [1.807, 2.05) is 0 Å². The normalized spacial score (nSPS) is 34.6. The zero-order valence-electron chi connectivity index (χ0n) is 13.1. The maximum absolute atomic E-state index is 11.8. The van der Waals surface area contributed by atoms with E-state index < -0.39 is 36.6 Å². The summed E-state index contributed by atoms with van der Waals surface area (Å²) >= 11 is 0. The molecule has 0 radical (unpaired) electrons. The van der Waals surface area contributed by atoms with Gasteiger partial charge in [-0.15, -0.1) is 0 Å². The lowest BCUT2D eigenvalue weighted by Gasteiger charge is -2.44. The van der Waals surface area contributed by atoms with Gasteiger partial charge in [-0.05, 0) is 13.0 Å². The first-order valence-electron chi connectivity index (χ1n) is 8.30. The van der Waals surface area contributed by atoms with Crippen LogP contribution in [-0.4, -0.2) is 70.0 Å². The Balaban J connectivity index is 1.81. The van der Waals surface area contributed by atoms with Crippen LogP contribution in [0.4, 0.5) is 4.79 Å². The van der Waals surface area contributed by atoms with Crippen LogP contribution in [0, 0.1) is 0 Å². The minimum Gasteiger partial charge on any atom is -0.447 e. The summed E-state index contributed by atoms with van der Waals surface area (Å²) in [5, 5.41) is 33.1. The standard InChI is InChI=1S/C15H28N2O5/c1-2-3-4-5-6-7-8-16-14-13(20)12(19)11(18)10-9-22-15(21)17(10)14/h10-14,16,18-20H,2-9H2,1H3/t10-,11-,12+,13-,14+/m1/s1. The van der Waals surface area contributed by atoms with Gasteiger partial charge in [0.1, 0.15) is 31.1 Å². The molecule has 2 heterocycles. The minimum absolute atomic E-state index is 0.0407. The molecular weight excluding hydrogens is 288 g/mol. The van der Waals surface area contributed by atoms with Crippen molar-refractivity contribution in [3.8, 4) is 0 Å². The summed E-state index contributed by atoms with van der Waals surface area (Å²) in [5.41, 5.74) is 0. The molecule has 0 aromatic heterocycles. The van der Waals surface area contributed by atoms with E-state index in [0.717, 1.165) is 12.8 Å². The number of ether oxygens (including phenoxy) is 1. The van der Waals surface area contributed by atoms with Gasteiger partial charge in [0.25, 0.3) is 0 Å². The van der Waals surface area contributed by atoms with Crippen molar-refractivity contribution < 1.29 is 24.9 Å². The Kier molecular flexibility index (Phi) is 6.43. The molecule has 0 aromatic rings. The van der Waals surface area contributed by atoms with Gasteiger partial charge in [-0.1, -0.05) is 39.0 Å². The Bertz CT molecular complexity index is 368. The molecule has 0 bridgehead atoms. The van der Waals surface area contributed by atoms with E-state index in [-0.39, 0.29) is 6.61 Å². The summed E-state index contributed by atoms with van der Waals surface area (Å²) in [6.07, 6.45) is 1.94. The number of rotatable bonds is 8. The molecule has 2 rings (SSSR count). The lowest BCUT2D eigenvalue weighted by Crippen LogP contribution is -2.69. The Morgan fingerprint density at radius 2 is 1.77 bits per heavy atom. The number of carbonyl (C=O) groups is 1. The Morgan fingerprint density at radius 1 is 1.09 bits per heavy atom. The van der Waals surface area contributed by atoms with Gasteiger partial charge < -0.3 is 20.1 Å². The molecule has 128 valence electrons. The number of amides is 1. The van der Waals surface area contributed by atoms with Crippen molar-refractivity contribution in [3.63, 3.8) is 0 Å². The molecular formula is C15H28N2O5. The fourth-order valence-corrected chi connectivity index (χ4v) is 3.19. The summed E-state index contributed by atoms with van der Waals surface area (Å²) in [4.78, 5) is 13.1. The number of piperidine rings is 1. The lowest BCUT2D eigenvalue weighted by molar-refractivity contribution is -0.148. The van der Waals surface area contributed by atoms with Crippen LogP contribution >= 0.6 is 0 Å². The number of carbonyl (C=O) groups excluding carboxylic acids is 1. The van der Waals surface area contributed by atoms with Crippen LogP contribution in [0.3, 0.4) is 0 Å². The molecule has 2 fully saturated rings. The number of unbranched alkanes of at least 4 members (excludes halogenated alkanes) is 5. The molecule has 0 aromatic carbocycles. The smallest absolute Gasteiger partial charge is 0.411 e. The number of fused-ring (bicyclic) bond motifs is 1. The number of cyclic esters (lactones) is 1. The molecule has 4 N–H and O–H groups in total. The molecule has 2 aliphatic heterocycles. The molecule has 0 unspecified atom stereocenters. The van der Waals surface area contributed by atoms with Crippen molar-refractivity contribution in [1.82, 2.24) is 10.2 Å². The van der Waals surface area contributed by atoms with Gasteiger partial charge in [0.15, 0.2) is 0 Å². The molecule has 7 nitrogen and oxygen atoms in total. The molecule has 2 aliphatic rings. The second-order valence-electron chi connectivity index (χ2n) is 6.19. The zero-order chi connectivity index (χ0) is 16.1. The van der Waals surface area contributed by atoms with Gasteiger partial charge in [0.05, 0.1) is 6.04 Å². The Morgan fingerprint density at radius 3 is 2.50 bits per heavy atom. The van der Waals surface area contributed by atoms with Crippen molar-refractivity contribution in [2.24, 2.45) is 0 Å². The van der Waals surface area contributed by atoms with E-state index in [0.29, 0.717) is 6.54 Å². The highest BCUT2D eigenvalue weighted by atomic mass is 16.6. The largest absolute Gasteiger partial charge is 0.447 e. The van der Waals surface area contributed by atoms with Crippen LogP contribution in [-0.2, 0) is 4.74 Å². The van der Waals surface area contributed by atoms with Crippen LogP contribution < -0.4 is 5.32 Å². The van der Waals surface area contributed by atoms with E-state index in [9.17, 15) is 20.1 Å². The predicted molar refractivity (Wildman–Crippen MR) is 80.2 cm³/mol. The van der Waals surface area contributed by atoms with Gasteiger partial charge >= 0.3 is 6.09 Å². The first kappa shape index (κ1) is 17.5. The second-order valence-corrected chi connectivity index (χ2v) is 6.19. The van der Waals surface area contributed by atoms with Crippen LogP contribution in [0.15, 0.2) is 0 Å². The highest BCUT2D eigenvalue weighted by molar-refractivity contribution is 5.71. The van der Waals surface area contributed by atoms with Gasteiger partial charge in [-0.2, -0.15) is 0 Å². The number of aliphatic hydroxyl groups excluding tert-OH is 3. The molecule has 7 heteroatoms. The maximum Gasteiger partial charge on any atom is 0.411 e. The van der Waals surface area contributed by atoms with E-state index in [1.54, 1.807) is 0 Å². The van der Waals surface area contributed by atoms with E-state index >= 15 is 0 Å². The topological polar surface area (TPSA) is 102 Å². The van der Waals surface area contributed by atoms with Crippen LogP contribution in [0.5, 0.6) is 0 Å². The number of hydrogen-bond acceptors (Lipinski definition) is 6. The average molecular weight is 316 g/mol. The number of nitrogens with zero attached hydrogens (tertiary/aromatic N) is 1. The van der Waals surface area contributed by atoms with Gasteiger partial charge in [0, 0.05) is 0 Å². The maximum atomic E-state index is 11.8. The highest BCUT2D eigenvalue weighted by Crippen LogP contribution is 2.28. The van der Waals surface area contributed by atoms with Crippen LogP contribution in [0.25, 0.3) is 0 Å². The first-order valence-corrected chi connectivity index (χ1v) is 8.30. The van der Waals surface area contributed by atoms with Gasteiger partial charge in [0.2, 0.25) is 0 Å². The molecule has 22 heavy (non-hydrogen) atoms. The highest BCUT2D eigenvalue weighted by Gasteiger charge is 2.53. The van der Waals surface area contributed by atoms with E-state index in [4.69, 9.17) is 4.74 Å². The summed E-state index contributed by atoms with van der Waals surface area (Å²) in [6.45, 7) is 2.86. The average Bonchev–Trinajstić information content (AvgIpc) is 2.89. The Labute approximate surface area is 131 Å². The Hall–Kier alpha value is -0.890. The van der Waals surface area contributed by atoms with Crippen molar-refractivity contribution in [3.05, 3.63) is 0 Å². The summed E-state index contributed by atoms with van der Waals surface area (Å²) in [5.74, 6) is 0. The third-order valence-corrected chi connectivity index (χ3v) is 4.55. The zero-order valence-corrected chi connectivity index (χ0v) is 13.1. The van der Waals surface area contributed by atoms with Crippen molar-refractivity contribution >= 4 is 6.09 Å². The van der Waals surface area contributed by atoms with Crippen LogP contribution in [0.2, 0.25) is 0 Å². The SMILES string of the molecule is CCCCCCCCN[C@@H]1[C@H](O)[C@@H](O)[C@H](O)[C@H]2COC(=O)N21.